The molecule has 0 saturated carbocycles. The molecule has 3 aromatic carbocycles. The monoisotopic (exact) mass is 662 g/mol. The van der Waals surface area contributed by atoms with E-state index in [1.165, 1.54) is 18.3 Å². The van der Waals surface area contributed by atoms with E-state index in [1.807, 2.05) is 19.1 Å². The van der Waals surface area contributed by atoms with Crippen LogP contribution in [-0.2, 0) is 6.61 Å². The zero-order valence-electron chi connectivity index (χ0n) is 17.2. The molecular formula is C23H18BrCl2IN2O4. The van der Waals surface area contributed by atoms with E-state index >= 15 is 0 Å². The summed E-state index contributed by atoms with van der Waals surface area (Å²) in [5, 5.41) is 14.9. The van der Waals surface area contributed by atoms with E-state index in [4.69, 9.17) is 32.7 Å². The lowest BCUT2D eigenvalue weighted by molar-refractivity contribution is 0.0952. The first-order chi connectivity index (χ1) is 15.8. The SMILES string of the molecule is CCOc1cc(/C=N\NC(=O)c2cc(Br)ccc2O)cc(I)c1OCc1ccc(Cl)cc1Cl. The Hall–Kier alpha value is -2.01. The van der Waals surface area contributed by atoms with Gasteiger partial charge in [0.2, 0.25) is 0 Å². The topological polar surface area (TPSA) is 80.2 Å². The highest BCUT2D eigenvalue weighted by molar-refractivity contribution is 14.1. The van der Waals surface area contributed by atoms with Crippen LogP contribution in [0.1, 0.15) is 28.4 Å². The molecule has 0 bridgehead atoms. The van der Waals surface area contributed by atoms with Gasteiger partial charge in [0.25, 0.3) is 5.91 Å². The molecule has 10 heteroatoms. The van der Waals surface area contributed by atoms with Crippen LogP contribution < -0.4 is 14.9 Å². The number of hydrazone groups is 1. The number of amides is 1. The molecule has 6 nitrogen and oxygen atoms in total. The highest BCUT2D eigenvalue weighted by atomic mass is 127. The van der Waals surface area contributed by atoms with E-state index in [0.29, 0.717) is 38.2 Å². The number of nitrogens with one attached hydrogen (secondary N) is 1. The van der Waals surface area contributed by atoms with Gasteiger partial charge in [-0.15, -0.1) is 0 Å². The average Bonchev–Trinajstić information content (AvgIpc) is 2.76. The van der Waals surface area contributed by atoms with Crippen molar-refractivity contribution in [1.82, 2.24) is 5.43 Å². The summed E-state index contributed by atoms with van der Waals surface area (Å²) in [6, 6.07) is 13.4. The van der Waals surface area contributed by atoms with E-state index in [0.717, 1.165) is 9.13 Å². The third kappa shape index (κ3) is 6.99. The first kappa shape index (κ1) is 25.6. The molecule has 0 atom stereocenters. The second-order valence-corrected chi connectivity index (χ2v) is 9.57. The maximum atomic E-state index is 12.3. The summed E-state index contributed by atoms with van der Waals surface area (Å²) in [5.41, 5.74) is 4.00. The molecule has 0 aliphatic heterocycles. The van der Waals surface area contributed by atoms with Crippen LogP contribution in [-0.4, -0.2) is 23.8 Å². The zero-order chi connectivity index (χ0) is 24.0. The number of phenolic OH excluding ortho intramolecular Hbond substituents is 1. The molecule has 2 N–H and O–H groups in total. The van der Waals surface area contributed by atoms with E-state index in [1.54, 1.807) is 24.3 Å². The number of rotatable bonds is 8. The average molecular weight is 664 g/mol. The van der Waals surface area contributed by atoms with Crippen LogP contribution in [0.3, 0.4) is 0 Å². The first-order valence-electron chi connectivity index (χ1n) is 9.63. The number of nitrogens with zero attached hydrogens (tertiary/aromatic N) is 1. The van der Waals surface area contributed by atoms with Crippen molar-refractivity contribution in [2.24, 2.45) is 5.10 Å². The number of hydrogen-bond acceptors (Lipinski definition) is 5. The Morgan fingerprint density at radius 1 is 1.18 bits per heavy atom. The second kappa shape index (κ2) is 11.9. The van der Waals surface area contributed by atoms with Crippen LogP contribution in [0.25, 0.3) is 0 Å². The maximum absolute atomic E-state index is 12.3. The van der Waals surface area contributed by atoms with Gasteiger partial charge in [-0.3, -0.25) is 4.79 Å². The van der Waals surface area contributed by atoms with Gasteiger partial charge < -0.3 is 14.6 Å². The molecule has 0 aliphatic carbocycles. The van der Waals surface area contributed by atoms with E-state index in [-0.39, 0.29) is 17.9 Å². The fraction of sp³-hybridized carbons (Fsp3) is 0.130. The maximum Gasteiger partial charge on any atom is 0.275 e. The summed E-state index contributed by atoms with van der Waals surface area (Å²) in [6.45, 7) is 2.55. The lowest BCUT2D eigenvalue weighted by Crippen LogP contribution is -2.17. The van der Waals surface area contributed by atoms with Gasteiger partial charge in [-0.2, -0.15) is 5.10 Å². The molecule has 0 radical (unpaired) electrons. The summed E-state index contributed by atoms with van der Waals surface area (Å²) in [7, 11) is 0. The van der Waals surface area contributed by atoms with Crippen molar-refractivity contribution in [1.29, 1.82) is 0 Å². The standard InChI is InChI=1S/C23H18BrCl2IN2O4/c1-2-32-21-8-13(11-28-29-23(31)17-9-15(24)4-6-20(17)30)7-19(27)22(21)33-12-14-3-5-16(25)10-18(14)26/h3-11,30H,2,12H2,1H3,(H,29,31)/b28-11-. The number of halogens is 4. The molecule has 0 heterocycles. The first-order valence-corrected chi connectivity index (χ1v) is 12.3. The molecule has 3 rings (SSSR count). The van der Waals surface area contributed by atoms with Crippen LogP contribution in [0.4, 0.5) is 0 Å². The van der Waals surface area contributed by atoms with Crippen LogP contribution in [0.2, 0.25) is 10.0 Å². The van der Waals surface area contributed by atoms with Crippen molar-refractivity contribution in [3.05, 3.63) is 83.3 Å². The predicted octanol–water partition coefficient (Wildman–Crippen LogP) is 6.81. The molecule has 0 unspecified atom stereocenters. The van der Waals surface area contributed by atoms with E-state index < -0.39 is 5.91 Å². The van der Waals surface area contributed by atoms with Crippen LogP contribution in [0.15, 0.2) is 58.1 Å². The summed E-state index contributed by atoms with van der Waals surface area (Å²) in [5.74, 6) is 0.432. The Morgan fingerprint density at radius 3 is 2.70 bits per heavy atom. The Labute approximate surface area is 223 Å². The number of carbonyl (C=O) groups is 1. The van der Waals surface area contributed by atoms with Gasteiger partial charge >= 0.3 is 0 Å². The largest absolute Gasteiger partial charge is 0.507 e. The van der Waals surface area contributed by atoms with Gasteiger partial charge in [-0.1, -0.05) is 45.2 Å². The van der Waals surface area contributed by atoms with Gasteiger partial charge in [-0.05, 0) is 77.5 Å². The molecule has 0 fully saturated rings. The third-order valence-corrected chi connectivity index (χ3v) is 6.18. The number of phenols is 1. The highest BCUT2D eigenvalue weighted by Gasteiger charge is 2.14. The smallest absolute Gasteiger partial charge is 0.275 e. The minimum absolute atomic E-state index is 0.107. The molecule has 1 amide bonds. The van der Waals surface area contributed by atoms with Crippen molar-refractivity contribution in [3.8, 4) is 17.2 Å². The molecule has 33 heavy (non-hydrogen) atoms. The molecule has 0 saturated heterocycles. The van der Waals surface area contributed by atoms with E-state index in [2.05, 4.69) is 49.0 Å². The Balaban J connectivity index is 1.75. The van der Waals surface area contributed by atoms with Crippen LogP contribution in [0, 0.1) is 3.57 Å². The normalized spacial score (nSPS) is 10.9. The van der Waals surface area contributed by atoms with Gasteiger partial charge in [0.1, 0.15) is 12.4 Å². The lowest BCUT2D eigenvalue weighted by atomic mass is 10.2. The third-order valence-electron chi connectivity index (χ3n) is 4.30. The van der Waals surface area contributed by atoms with Crippen molar-refractivity contribution in [2.75, 3.05) is 6.61 Å². The number of carbonyl (C=O) groups excluding carboxylic acids is 1. The number of hydrogen-bond donors (Lipinski definition) is 2. The molecular weight excluding hydrogens is 646 g/mol. The van der Waals surface area contributed by atoms with Gasteiger partial charge in [0.15, 0.2) is 11.5 Å². The van der Waals surface area contributed by atoms with Crippen molar-refractivity contribution < 1.29 is 19.4 Å². The Bertz CT molecular complexity index is 1210. The van der Waals surface area contributed by atoms with Crippen molar-refractivity contribution >= 4 is 73.8 Å². The van der Waals surface area contributed by atoms with Gasteiger partial charge in [0, 0.05) is 20.1 Å². The number of benzene rings is 3. The number of aromatic hydroxyl groups is 1. The Kier molecular flexibility index (Phi) is 9.25. The van der Waals surface area contributed by atoms with E-state index in [9.17, 15) is 9.90 Å². The highest BCUT2D eigenvalue weighted by Crippen LogP contribution is 2.35. The predicted molar refractivity (Wildman–Crippen MR) is 142 cm³/mol. The summed E-state index contributed by atoms with van der Waals surface area (Å²) in [4.78, 5) is 12.3. The lowest BCUT2D eigenvalue weighted by Gasteiger charge is -2.15. The van der Waals surface area contributed by atoms with Crippen molar-refractivity contribution in [3.63, 3.8) is 0 Å². The second-order valence-electron chi connectivity index (χ2n) is 6.65. The molecule has 0 aromatic heterocycles. The fourth-order valence-corrected chi connectivity index (χ4v) is 4.38. The van der Waals surface area contributed by atoms with Gasteiger partial charge in [0.05, 0.1) is 22.0 Å². The molecule has 3 aromatic rings. The zero-order valence-corrected chi connectivity index (χ0v) is 22.5. The summed E-state index contributed by atoms with van der Waals surface area (Å²) < 4.78 is 13.2. The molecule has 172 valence electrons. The van der Waals surface area contributed by atoms with Crippen LogP contribution in [0.5, 0.6) is 17.2 Å². The quantitative estimate of drug-likeness (QED) is 0.158. The fourth-order valence-electron chi connectivity index (χ4n) is 2.77. The minimum atomic E-state index is -0.537. The minimum Gasteiger partial charge on any atom is -0.507 e. The van der Waals surface area contributed by atoms with Crippen molar-refractivity contribution in [2.45, 2.75) is 13.5 Å². The van der Waals surface area contributed by atoms with Gasteiger partial charge in [-0.25, -0.2) is 5.43 Å². The van der Waals surface area contributed by atoms with Crippen LogP contribution >= 0.6 is 61.7 Å². The summed E-state index contributed by atoms with van der Waals surface area (Å²) in [6.07, 6.45) is 1.48. The molecule has 0 aliphatic rings. The molecule has 0 spiro atoms. The Morgan fingerprint density at radius 2 is 1.97 bits per heavy atom. The number of ether oxygens (including phenoxy) is 2. The summed E-state index contributed by atoms with van der Waals surface area (Å²) >= 11 is 17.6.